The van der Waals surface area contributed by atoms with Crippen molar-refractivity contribution < 1.29 is 9.59 Å². The lowest BCUT2D eigenvalue weighted by Gasteiger charge is -2.06. The molecule has 0 bridgehead atoms. The number of benzene rings is 1. The summed E-state index contributed by atoms with van der Waals surface area (Å²) < 4.78 is 0. The van der Waals surface area contributed by atoms with E-state index in [-0.39, 0.29) is 11.8 Å². The van der Waals surface area contributed by atoms with Gasteiger partial charge in [-0.2, -0.15) is 0 Å². The lowest BCUT2D eigenvalue weighted by Crippen LogP contribution is -2.22. The van der Waals surface area contributed by atoms with E-state index in [0.717, 1.165) is 22.5 Å². The van der Waals surface area contributed by atoms with Crippen LogP contribution in [-0.2, 0) is 24.2 Å². The standard InChI is InChI=1S/C16H16N2O2S/c1-2-12-5-6-13(21-12)9-17-16(20)11-4-3-10-8-15(19)18-14(10)7-11/h3-7H,2,8-9H2,1H3,(H,17,20)(H,18,19). The van der Waals surface area contributed by atoms with Crippen molar-refractivity contribution in [2.75, 3.05) is 5.32 Å². The first-order chi connectivity index (χ1) is 10.2. The maximum Gasteiger partial charge on any atom is 0.251 e. The summed E-state index contributed by atoms with van der Waals surface area (Å²) in [6, 6.07) is 9.48. The molecular weight excluding hydrogens is 284 g/mol. The predicted molar refractivity (Wildman–Crippen MR) is 83.6 cm³/mol. The van der Waals surface area contributed by atoms with E-state index in [1.807, 2.05) is 12.1 Å². The van der Waals surface area contributed by atoms with Crippen LogP contribution in [0, 0.1) is 0 Å². The van der Waals surface area contributed by atoms with Crippen molar-refractivity contribution in [2.45, 2.75) is 26.3 Å². The minimum atomic E-state index is -0.120. The monoisotopic (exact) mass is 300 g/mol. The van der Waals surface area contributed by atoms with Gasteiger partial charge in [0.05, 0.1) is 13.0 Å². The van der Waals surface area contributed by atoms with Crippen LogP contribution < -0.4 is 10.6 Å². The highest BCUT2D eigenvalue weighted by Gasteiger charge is 2.19. The van der Waals surface area contributed by atoms with E-state index >= 15 is 0 Å². The molecule has 1 aromatic carbocycles. The first-order valence-electron chi connectivity index (χ1n) is 6.94. The number of amides is 2. The average molecular weight is 300 g/mol. The smallest absolute Gasteiger partial charge is 0.251 e. The second-order valence-corrected chi connectivity index (χ2v) is 6.25. The number of nitrogens with one attached hydrogen (secondary N) is 2. The molecule has 108 valence electrons. The normalized spacial score (nSPS) is 12.9. The third kappa shape index (κ3) is 2.97. The Morgan fingerprint density at radius 2 is 2.10 bits per heavy atom. The molecule has 0 fully saturated rings. The van der Waals surface area contributed by atoms with Gasteiger partial charge in [0.1, 0.15) is 0 Å². The van der Waals surface area contributed by atoms with Gasteiger partial charge >= 0.3 is 0 Å². The van der Waals surface area contributed by atoms with Gasteiger partial charge < -0.3 is 10.6 Å². The van der Waals surface area contributed by atoms with Crippen LogP contribution in [0.2, 0.25) is 0 Å². The van der Waals surface area contributed by atoms with Crippen molar-refractivity contribution in [2.24, 2.45) is 0 Å². The molecule has 2 heterocycles. The molecule has 4 nitrogen and oxygen atoms in total. The second-order valence-electron chi connectivity index (χ2n) is 5.00. The van der Waals surface area contributed by atoms with Crippen LogP contribution in [0.15, 0.2) is 30.3 Å². The molecule has 1 aromatic heterocycles. The van der Waals surface area contributed by atoms with Gasteiger partial charge in [0.2, 0.25) is 5.91 Å². The molecule has 5 heteroatoms. The van der Waals surface area contributed by atoms with Crippen LogP contribution >= 0.6 is 11.3 Å². The number of fused-ring (bicyclic) bond motifs is 1. The highest BCUT2D eigenvalue weighted by Crippen LogP contribution is 2.24. The summed E-state index contributed by atoms with van der Waals surface area (Å²) in [4.78, 5) is 25.9. The van der Waals surface area contributed by atoms with E-state index in [1.165, 1.54) is 4.88 Å². The Morgan fingerprint density at radius 1 is 1.29 bits per heavy atom. The summed E-state index contributed by atoms with van der Waals surface area (Å²) in [6.07, 6.45) is 1.41. The minimum Gasteiger partial charge on any atom is -0.347 e. The van der Waals surface area contributed by atoms with Crippen LogP contribution in [0.5, 0.6) is 0 Å². The third-order valence-electron chi connectivity index (χ3n) is 3.49. The van der Waals surface area contributed by atoms with E-state index in [4.69, 9.17) is 0 Å². The molecule has 3 rings (SSSR count). The van der Waals surface area contributed by atoms with Crippen LogP contribution in [0.4, 0.5) is 5.69 Å². The quantitative estimate of drug-likeness (QED) is 0.912. The Kier molecular flexibility index (Phi) is 3.75. The fraction of sp³-hybridized carbons (Fsp3) is 0.250. The predicted octanol–water partition coefficient (Wildman–Crippen LogP) is 2.74. The van der Waals surface area contributed by atoms with Crippen LogP contribution in [0.1, 0.15) is 32.6 Å². The maximum absolute atomic E-state index is 12.2. The van der Waals surface area contributed by atoms with Gasteiger partial charge in [-0.15, -0.1) is 11.3 Å². The van der Waals surface area contributed by atoms with Gasteiger partial charge in [0.25, 0.3) is 5.91 Å². The highest BCUT2D eigenvalue weighted by molar-refractivity contribution is 7.11. The zero-order chi connectivity index (χ0) is 14.8. The molecule has 0 saturated carbocycles. The molecule has 1 aliphatic heterocycles. The summed E-state index contributed by atoms with van der Waals surface area (Å²) in [6.45, 7) is 2.65. The number of hydrogen-bond donors (Lipinski definition) is 2. The number of rotatable bonds is 4. The highest BCUT2D eigenvalue weighted by atomic mass is 32.1. The molecule has 2 N–H and O–H groups in total. The molecule has 0 radical (unpaired) electrons. The molecule has 0 spiro atoms. The minimum absolute atomic E-state index is 0.0201. The number of carbonyl (C=O) groups is 2. The Labute approximate surface area is 127 Å². The topological polar surface area (TPSA) is 58.2 Å². The summed E-state index contributed by atoms with van der Waals surface area (Å²) >= 11 is 1.72. The summed E-state index contributed by atoms with van der Waals surface area (Å²) in [7, 11) is 0. The van der Waals surface area contributed by atoms with Crippen LogP contribution in [-0.4, -0.2) is 11.8 Å². The van der Waals surface area contributed by atoms with Gasteiger partial charge in [-0.1, -0.05) is 13.0 Å². The first kappa shape index (κ1) is 13.8. The van der Waals surface area contributed by atoms with Gasteiger partial charge in [-0.05, 0) is 36.2 Å². The fourth-order valence-corrected chi connectivity index (χ4v) is 3.23. The Balaban J connectivity index is 1.66. The Bertz CT molecular complexity index is 706. The third-order valence-corrected chi connectivity index (χ3v) is 4.72. The van der Waals surface area contributed by atoms with Crippen LogP contribution in [0.3, 0.4) is 0 Å². The van der Waals surface area contributed by atoms with Gasteiger partial charge in [-0.3, -0.25) is 9.59 Å². The van der Waals surface area contributed by atoms with Gasteiger partial charge in [0, 0.05) is 21.0 Å². The molecule has 0 unspecified atom stereocenters. The number of carbonyl (C=O) groups excluding carboxylic acids is 2. The molecule has 0 saturated heterocycles. The van der Waals surface area contributed by atoms with E-state index in [9.17, 15) is 9.59 Å². The zero-order valence-corrected chi connectivity index (χ0v) is 12.5. The van der Waals surface area contributed by atoms with E-state index in [0.29, 0.717) is 18.5 Å². The molecule has 2 aromatic rings. The van der Waals surface area contributed by atoms with Gasteiger partial charge in [0.15, 0.2) is 0 Å². The second kappa shape index (κ2) is 5.69. The summed E-state index contributed by atoms with van der Waals surface area (Å²) in [5, 5.41) is 5.67. The van der Waals surface area contributed by atoms with Gasteiger partial charge in [-0.25, -0.2) is 0 Å². The Morgan fingerprint density at radius 3 is 2.86 bits per heavy atom. The van der Waals surface area contributed by atoms with Crippen molar-refractivity contribution >= 4 is 28.8 Å². The van der Waals surface area contributed by atoms with Crippen LogP contribution in [0.25, 0.3) is 0 Å². The molecule has 2 amide bonds. The fourth-order valence-electron chi connectivity index (χ4n) is 2.33. The first-order valence-corrected chi connectivity index (χ1v) is 7.76. The largest absolute Gasteiger partial charge is 0.347 e. The van der Waals surface area contributed by atoms with Crippen molar-refractivity contribution in [3.8, 4) is 0 Å². The molecule has 0 aliphatic carbocycles. The van der Waals surface area contributed by atoms with E-state index in [2.05, 4.69) is 23.6 Å². The van der Waals surface area contributed by atoms with E-state index < -0.39 is 0 Å². The summed E-state index contributed by atoms with van der Waals surface area (Å²) in [5.41, 5.74) is 2.27. The number of hydrogen-bond acceptors (Lipinski definition) is 3. The van der Waals surface area contributed by atoms with E-state index in [1.54, 1.807) is 23.5 Å². The van der Waals surface area contributed by atoms with Crippen molar-refractivity contribution in [3.05, 3.63) is 51.2 Å². The number of aryl methyl sites for hydroxylation is 1. The molecule has 0 atom stereocenters. The molecule has 1 aliphatic rings. The molecular formula is C16H16N2O2S. The lowest BCUT2D eigenvalue weighted by atomic mass is 10.1. The average Bonchev–Trinajstić information content (AvgIpc) is 3.08. The lowest BCUT2D eigenvalue weighted by molar-refractivity contribution is -0.115. The maximum atomic E-state index is 12.2. The number of anilines is 1. The molecule has 21 heavy (non-hydrogen) atoms. The SMILES string of the molecule is CCc1ccc(CNC(=O)c2ccc3c(c2)NC(=O)C3)s1. The van der Waals surface area contributed by atoms with Crippen molar-refractivity contribution in [3.63, 3.8) is 0 Å². The Hall–Kier alpha value is -2.14. The zero-order valence-electron chi connectivity index (χ0n) is 11.7. The van der Waals surface area contributed by atoms with Crippen molar-refractivity contribution in [1.82, 2.24) is 5.32 Å². The summed E-state index contributed by atoms with van der Waals surface area (Å²) in [5.74, 6) is -0.140. The van der Waals surface area contributed by atoms with Crippen molar-refractivity contribution in [1.29, 1.82) is 0 Å². The number of thiophene rings is 1.